The molecule has 1 heterocycles. The number of aryl methyl sites for hydroxylation is 3. The molecule has 0 saturated heterocycles. The van der Waals surface area contributed by atoms with Crippen LogP contribution in [0.1, 0.15) is 53.9 Å². The van der Waals surface area contributed by atoms with Crippen molar-refractivity contribution in [3.63, 3.8) is 0 Å². The fourth-order valence-corrected chi connectivity index (χ4v) is 4.07. The van der Waals surface area contributed by atoms with Crippen LogP contribution in [0.5, 0.6) is 0 Å². The quantitative estimate of drug-likeness (QED) is 0.663. The van der Waals surface area contributed by atoms with Gasteiger partial charge < -0.3 is 5.32 Å². The van der Waals surface area contributed by atoms with E-state index in [1.54, 1.807) is 0 Å². The van der Waals surface area contributed by atoms with Crippen LogP contribution >= 0.6 is 11.8 Å². The Bertz CT molecular complexity index is 767. The van der Waals surface area contributed by atoms with Gasteiger partial charge in [-0.2, -0.15) is 0 Å². The van der Waals surface area contributed by atoms with Crippen molar-refractivity contribution in [2.75, 3.05) is 0 Å². The maximum atomic E-state index is 12.7. The van der Waals surface area contributed by atoms with Crippen molar-refractivity contribution in [1.82, 2.24) is 15.3 Å². The van der Waals surface area contributed by atoms with Crippen molar-refractivity contribution >= 4 is 17.7 Å². The Morgan fingerprint density at radius 2 is 1.88 bits per heavy atom. The van der Waals surface area contributed by atoms with Gasteiger partial charge in [-0.1, -0.05) is 36.0 Å². The summed E-state index contributed by atoms with van der Waals surface area (Å²) >= 11 is 1.42. The van der Waals surface area contributed by atoms with Gasteiger partial charge in [0, 0.05) is 11.4 Å². The molecule has 0 fully saturated rings. The van der Waals surface area contributed by atoms with Crippen molar-refractivity contribution in [1.29, 1.82) is 0 Å². The van der Waals surface area contributed by atoms with Crippen molar-refractivity contribution in [2.24, 2.45) is 0 Å². The van der Waals surface area contributed by atoms with Crippen LogP contribution in [0.25, 0.3) is 0 Å². The van der Waals surface area contributed by atoms with E-state index in [1.165, 1.54) is 22.9 Å². The average molecular weight is 356 g/mol. The van der Waals surface area contributed by atoms with Gasteiger partial charge in [0.25, 0.3) is 0 Å². The predicted molar refractivity (Wildman–Crippen MR) is 102 cm³/mol. The maximum Gasteiger partial charge on any atom is 0.233 e. The molecule has 4 nitrogen and oxygen atoms in total. The highest BCUT2D eigenvalue weighted by Gasteiger charge is 2.24. The summed E-state index contributed by atoms with van der Waals surface area (Å²) in [6.07, 6.45) is 3.21. The van der Waals surface area contributed by atoms with Gasteiger partial charge in [-0.05, 0) is 63.6 Å². The molecule has 0 aliphatic heterocycles. The lowest BCUT2D eigenvalue weighted by Gasteiger charge is -2.27. The third kappa shape index (κ3) is 4.03. The molecule has 0 saturated carbocycles. The van der Waals surface area contributed by atoms with E-state index in [0.29, 0.717) is 5.16 Å². The molecule has 25 heavy (non-hydrogen) atoms. The fraction of sp³-hybridized carbons (Fsp3) is 0.450. The van der Waals surface area contributed by atoms with Gasteiger partial charge in [0.15, 0.2) is 5.16 Å². The molecule has 0 radical (unpaired) electrons. The molecular formula is C20H25N3OS. The Kier molecular flexibility index (Phi) is 5.42. The molecule has 1 amide bonds. The number of nitrogens with one attached hydrogen (secondary N) is 1. The minimum absolute atomic E-state index is 0.0474. The molecule has 132 valence electrons. The van der Waals surface area contributed by atoms with Crippen LogP contribution in [0.2, 0.25) is 0 Å². The number of amides is 1. The third-order valence-corrected chi connectivity index (χ3v) is 5.91. The molecule has 1 aromatic heterocycles. The molecule has 1 aliphatic carbocycles. The van der Waals surface area contributed by atoms with Crippen molar-refractivity contribution in [3.05, 3.63) is 52.3 Å². The van der Waals surface area contributed by atoms with Crippen LogP contribution in [-0.4, -0.2) is 21.1 Å². The van der Waals surface area contributed by atoms with Crippen LogP contribution in [0.3, 0.4) is 0 Å². The monoisotopic (exact) mass is 355 g/mol. The number of hydrogen-bond acceptors (Lipinski definition) is 4. The molecule has 2 aromatic rings. The third-order valence-electron chi connectivity index (χ3n) is 4.95. The minimum Gasteiger partial charge on any atom is -0.348 e. The van der Waals surface area contributed by atoms with Crippen LogP contribution in [-0.2, 0) is 11.2 Å². The van der Waals surface area contributed by atoms with Gasteiger partial charge >= 0.3 is 0 Å². The number of hydrogen-bond donors (Lipinski definition) is 1. The van der Waals surface area contributed by atoms with Crippen molar-refractivity contribution in [3.8, 4) is 0 Å². The highest BCUT2D eigenvalue weighted by molar-refractivity contribution is 8.00. The summed E-state index contributed by atoms with van der Waals surface area (Å²) in [4.78, 5) is 21.7. The second kappa shape index (κ2) is 7.56. The summed E-state index contributed by atoms with van der Waals surface area (Å²) in [7, 11) is 0. The summed E-state index contributed by atoms with van der Waals surface area (Å²) in [5.41, 5.74) is 5.68. The van der Waals surface area contributed by atoms with Gasteiger partial charge in [0.2, 0.25) is 5.91 Å². The summed E-state index contributed by atoms with van der Waals surface area (Å²) in [6, 6.07) is 8.53. The van der Waals surface area contributed by atoms with E-state index in [9.17, 15) is 4.79 Å². The Hall–Kier alpha value is -1.88. The zero-order valence-electron chi connectivity index (χ0n) is 15.3. The molecule has 0 unspecified atom stereocenters. The number of carbonyl (C=O) groups is 1. The predicted octanol–water partition coefficient (Wildman–Crippen LogP) is 4.08. The summed E-state index contributed by atoms with van der Waals surface area (Å²) in [5, 5.41) is 3.67. The van der Waals surface area contributed by atoms with Gasteiger partial charge in [-0.15, -0.1) is 0 Å². The van der Waals surface area contributed by atoms with Crippen LogP contribution in [0.4, 0.5) is 0 Å². The van der Waals surface area contributed by atoms with Gasteiger partial charge in [0.05, 0.1) is 11.3 Å². The Morgan fingerprint density at radius 1 is 1.20 bits per heavy atom. The normalized spacial score (nSPS) is 17.7. The number of fused-ring (bicyclic) bond motifs is 1. The lowest BCUT2D eigenvalue weighted by Crippen LogP contribution is -2.36. The standard InChI is InChI=1S/C20H25N3OS/c1-12-13(2)21-20(22-14(12)3)25-15(4)19(24)23-18-11-7-9-16-8-5-6-10-17(16)18/h5-6,8,10,15,18H,7,9,11H2,1-4H3,(H,23,24)/t15-,18-/m1/s1. The molecule has 2 atom stereocenters. The molecule has 3 rings (SSSR count). The molecule has 0 spiro atoms. The molecule has 5 heteroatoms. The molecular weight excluding hydrogens is 330 g/mol. The van der Waals surface area contributed by atoms with E-state index in [1.807, 2.05) is 33.8 Å². The lowest BCUT2D eigenvalue weighted by molar-refractivity contribution is -0.121. The molecule has 1 N–H and O–H groups in total. The highest BCUT2D eigenvalue weighted by atomic mass is 32.2. The summed E-state index contributed by atoms with van der Waals surface area (Å²) in [6.45, 7) is 7.91. The molecule has 1 aromatic carbocycles. The van der Waals surface area contributed by atoms with E-state index in [0.717, 1.165) is 36.2 Å². The van der Waals surface area contributed by atoms with E-state index in [-0.39, 0.29) is 17.2 Å². The average Bonchev–Trinajstić information content (AvgIpc) is 2.60. The van der Waals surface area contributed by atoms with E-state index in [4.69, 9.17) is 0 Å². The van der Waals surface area contributed by atoms with Gasteiger partial charge in [-0.3, -0.25) is 4.79 Å². The number of rotatable bonds is 4. The molecule has 0 bridgehead atoms. The first kappa shape index (κ1) is 17.9. The fourth-order valence-electron chi connectivity index (χ4n) is 3.20. The smallest absolute Gasteiger partial charge is 0.233 e. The van der Waals surface area contributed by atoms with E-state index in [2.05, 4.69) is 33.5 Å². The number of aromatic nitrogens is 2. The Morgan fingerprint density at radius 3 is 2.60 bits per heavy atom. The minimum atomic E-state index is -0.226. The van der Waals surface area contributed by atoms with Crippen LogP contribution in [0, 0.1) is 20.8 Å². The largest absolute Gasteiger partial charge is 0.348 e. The number of nitrogens with zero attached hydrogens (tertiary/aromatic N) is 2. The summed E-state index contributed by atoms with van der Waals surface area (Å²) in [5.74, 6) is 0.0474. The number of benzene rings is 1. The first-order valence-electron chi connectivity index (χ1n) is 8.82. The highest BCUT2D eigenvalue weighted by Crippen LogP contribution is 2.30. The zero-order valence-corrected chi connectivity index (χ0v) is 16.1. The Balaban J connectivity index is 1.68. The second-order valence-corrected chi connectivity index (χ2v) is 8.02. The molecule has 1 aliphatic rings. The van der Waals surface area contributed by atoms with Crippen molar-refractivity contribution < 1.29 is 4.79 Å². The maximum absolute atomic E-state index is 12.7. The Labute approximate surface area is 153 Å². The SMILES string of the molecule is Cc1nc(S[C@H](C)C(=O)N[C@@H]2CCCc3ccccc32)nc(C)c1C. The van der Waals surface area contributed by atoms with Crippen LogP contribution in [0.15, 0.2) is 29.4 Å². The topological polar surface area (TPSA) is 54.9 Å². The zero-order chi connectivity index (χ0) is 18.0. The van der Waals surface area contributed by atoms with Gasteiger partial charge in [-0.25, -0.2) is 9.97 Å². The van der Waals surface area contributed by atoms with E-state index < -0.39 is 0 Å². The van der Waals surface area contributed by atoms with Crippen molar-refractivity contribution in [2.45, 2.75) is 63.4 Å². The lowest BCUT2D eigenvalue weighted by atomic mass is 9.88. The van der Waals surface area contributed by atoms with Gasteiger partial charge in [0.1, 0.15) is 0 Å². The second-order valence-electron chi connectivity index (χ2n) is 6.71. The van der Waals surface area contributed by atoms with E-state index >= 15 is 0 Å². The summed E-state index contributed by atoms with van der Waals surface area (Å²) < 4.78 is 0. The first-order chi connectivity index (χ1) is 12.0. The number of carbonyl (C=O) groups excluding carboxylic acids is 1. The first-order valence-corrected chi connectivity index (χ1v) is 9.70. The number of thioether (sulfide) groups is 1. The van der Waals surface area contributed by atoms with Crippen LogP contribution < -0.4 is 5.32 Å².